The number of nitrogens with zero attached hydrogens (tertiary/aromatic N) is 3. The van der Waals surface area contributed by atoms with Crippen LogP contribution in [0.15, 0.2) is 36.5 Å². The van der Waals surface area contributed by atoms with Crippen molar-refractivity contribution < 1.29 is 27.4 Å². The largest absolute Gasteiger partial charge is 0.472 e. The minimum atomic E-state index is -3.43. The molecule has 10 heteroatoms. The van der Waals surface area contributed by atoms with Crippen molar-refractivity contribution in [3.63, 3.8) is 0 Å². The first-order chi connectivity index (χ1) is 15.0. The molecular formula is C22H28FN3O5S. The molecule has 2 heterocycles. The molecule has 32 heavy (non-hydrogen) atoms. The lowest BCUT2D eigenvalue weighted by Crippen LogP contribution is -2.50. The fourth-order valence-corrected chi connectivity index (χ4v) is 3.93. The Hall–Kier alpha value is -2.56. The molecule has 0 saturated heterocycles. The molecule has 3 rings (SSSR count). The summed E-state index contributed by atoms with van der Waals surface area (Å²) in [5.74, 6) is -0.861. The Bertz CT molecular complexity index is 1080. The highest BCUT2D eigenvalue weighted by Gasteiger charge is 2.35. The Morgan fingerprint density at radius 1 is 1.31 bits per heavy atom. The summed E-state index contributed by atoms with van der Waals surface area (Å²) >= 11 is 0. The highest BCUT2D eigenvalue weighted by atomic mass is 32.2. The van der Waals surface area contributed by atoms with Gasteiger partial charge in [0.05, 0.1) is 25.4 Å². The zero-order valence-corrected chi connectivity index (χ0v) is 19.3. The monoisotopic (exact) mass is 465 g/mol. The van der Waals surface area contributed by atoms with Gasteiger partial charge in [-0.3, -0.25) is 4.79 Å². The second-order valence-electron chi connectivity index (χ2n) is 8.25. The number of benzene rings is 1. The van der Waals surface area contributed by atoms with Crippen molar-refractivity contribution in [2.24, 2.45) is 5.92 Å². The lowest BCUT2D eigenvalue weighted by Gasteiger charge is -2.37. The Kier molecular flexibility index (Phi) is 7.16. The van der Waals surface area contributed by atoms with Gasteiger partial charge in [-0.15, -0.1) is 0 Å². The molecule has 1 aliphatic heterocycles. The number of halogens is 1. The molecule has 1 aromatic heterocycles. The van der Waals surface area contributed by atoms with Gasteiger partial charge in [-0.2, -0.15) is 0 Å². The second kappa shape index (κ2) is 9.51. The number of fused-ring (bicyclic) bond motifs is 1. The van der Waals surface area contributed by atoms with Gasteiger partial charge in [-0.1, -0.05) is 19.1 Å². The van der Waals surface area contributed by atoms with E-state index < -0.39 is 22.2 Å². The molecule has 8 nitrogen and oxygen atoms in total. The number of aliphatic hydroxyl groups excluding tert-OH is 1. The van der Waals surface area contributed by atoms with Crippen LogP contribution < -0.4 is 4.74 Å². The van der Waals surface area contributed by atoms with Crippen LogP contribution in [0.2, 0.25) is 0 Å². The SMILES string of the molecule is C[C@H]1CN([C@@H](C)CO)C(=O)c2cc(-c3ccc(F)cc3)cnc2O[C@@H]1CN(C)S(C)(=O)=O. The molecule has 1 aliphatic rings. The number of amides is 1. The summed E-state index contributed by atoms with van der Waals surface area (Å²) in [6, 6.07) is 6.99. The van der Waals surface area contributed by atoms with Crippen LogP contribution in [0.5, 0.6) is 5.88 Å². The minimum absolute atomic E-state index is 0.0797. The maximum Gasteiger partial charge on any atom is 0.259 e. The molecule has 0 unspecified atom stereocenters. The van der Waals surface area contributed by atoms with Crippen molar-refractivity contribution in [1.82, 2.24) is 14.2 Å². The number of carbonyl (C=O) groups is 1. The normalized spacial score (nSPS) is 20.3. The number of carbonyl (C=O) groups excluding carboxylic acids is 1. The van der Waals surface area contributed by atoms with Gasteiger partial charge in [0.2, 0.25) is 15.9 Å². The number of likely N-dealkylation sites (N-methyl/N-ethyl adjacent to an activating group) is 1. The Morgan fingerprint density at radius 3 is 2.56 bits per heavy atom. The Morgan fingerprint density at radius 2 is 1.97 bits per heavy atom. The molecule has 3 atom stereocenters. The van der Waals surface area contributed by atoms with Crippen LogP contribution in [0.25, 0.3) is 11.1 Å². The van der Waals surface area contributed by atoms with E-state index in [1.165, 1.54) is 29.7 Å². The molecule has 1 aromatic carbocycles. The summed E-state index contributed by atoms with van der Waals surface area (Å²) in [5, 5.41) is 9.71. The average Bonchev–Trinajstić information content (AvgIpc) is 2.75. The van der Waals surface area contributed by atoms with Gasteiger partial charge in [0.25, 0.3) is 5.91 Å². The van der Waals surface area contributed by atoms with Crippen LogP contribution in [0.4, 0.5) is 4.39 Å². The van der Waals surface area contributed by atoms with Crippen LogP contribution in [-0.4, -0.2) is 78.8 Å². The first-order valence-corrected chi connectivity index (χ1v) is 12.1. The summed E-state index contributed by atoms with van der Waals surface area (Å²) in [7, 11) is -1.97. The smallest absolute Gasteiger partial charge is 0.259 e. The summed E-state index contributed by atoms with van der Waals surface area (Å²) in [4.78, 5) is 19.3. The number of aliphatic hydroxyl groups is 1. The summed E-state index contributed by atoms with van der Waals surface area (Å²) in [6.45, 7) is 3.72. The third-order valence-electron chi connectivity index (χ3n) is 5.70. The molecule has 2 aromatic rings. The van der Waals surface area contributed by atoms with E-state index in [1.807, 2.05) is 6.92 Å². The van der Waals surface area contributed by atoms with E-state index in [9.17, 15) is 22.7 Å². The van der Waals surface area contributed by atoms with Gasteiger partial charge in [0.1, 0.15) is 17.5 Å². The lowest BCUT2D eigenvalue weighted by atomic mass is 9.99. The maximum absolute atomic E-state index is 13.4. The van der Waals surface area contributed by atoms with Gasteiger partial charge in [-0.25, -0.2) is 22.1 Å². The van der Waals surface area contributed by atoms with Crippen LogP contribution in [0, 0.1) is 11.7 Å². The topological polar surface area (TPSA) is 100 Å². The molecule has 0 bridgehead atoms. The standard InChI is InChI=1S/C22H28FN3O5S/c1-14-11-26(15(2)13-27)22(28)19-9-17(16-5-7-18(23)8-6-16)10-24-21(19)31-20(14)12-25(3)32(4,29)30/h5-10,14-15,20,27H,11-13H2,1-4H3/t14-,15-,20+/m0/s1. The molecule has 0 spiro atoms. The van der Waals surface area contributed by atoms with Gasteiger partial charge in [0.15, 0.2) is 0 Å². The van der Waals surface area contributed by atoms with Crippen LogP contribution in [0.1, 0.15) is 24.2 Å². The quantitative estimate of drug-likeness (QED) is 0.701. The number of pyridine rings is 1. The van der Waals surface area contributed by atoms with Crippen molar-refractivity contribution in [2.45, 2.75) is 26.0 Å². The summed E-state index contributed by atoms with van der Waals surface area (Å²) in [5.41, 5.74) is 1.49. The van der Waals surface area contributed by atoms with Crippen molar-refractivity contribution in [3.8, 4) is 17.0 Å². The van der Waals surface area contributed by atoms with Gasteiger partial charge >= 0.3 is 0 Å². The van der Waals surface area contributed by atoms with E-state index in [0.717, 1.165) is 6.26 Å². The first-order valence-electron chi connectivity index (χ1n) is 10.3. The lowest BCUT2D eigenvalue weighted by molar-refractivity contribution is 0.0374. The maximum atomic E-state index is 13.4. The van der Waals surface area contributed by atoms with Crippen molar-refractivity contribution >= 4 is 15.9 Å². The Balaban J connectivity index is 2.06. The number of rotatable bonds is 6. The van der Waals surface area contributed by atoms with Crippen molar-refractivity contribution in [2.75, 3.05) is 33.0 Å². The van der Waals surface area contributed by atoms with E-state index in [0.29, 0.717) is 11.1 Å². The number of aromatic nitrogens is 1. The zero-order chi connectivity index (χ0) is 23.6. The van der Waals surface area contributed by atoms with E-state index >= 15 is 0 Å². The molecule has 0 saturated carbocycles. The predicted molar refractivity (Wildman–Crippen MR) is 118 cm³/mol. The fraction of sp³-hybridized carbons (Fsp3) is 0.455. The molecular weight excluding hydrogens is 437 g/mol. The van der Waals surface area contributed by atoms with E-state index in [1.54, 1.807) is 30.0 Å². The Labute approximate surface area is 187 Å². The van der Waals surface area contributed by atoms with E-state index in [-0.39, 0.29) is 48.8 Å². The van der Waals surface area contributed by atoms with E-state index in [2.05, 4.69) is 4.98 Å². The van der Waals surface area contributed by atoms with Crippen molar-refractivity contribution in [3.05, 3.63) is 47.9 Å². The fourth-order valence-electron chi connectivity index (χ4n) is 3.51. The molecule has 0 aliphatic carbocycles. The molecule has 174 valence electrons. The van der Waals surface area contributed by atoms with Crippen LogP contribution in [-0.2, 0) is 10.0 Å². The molecule has 0 fully saturated rings. The third kappa shape index (κ3) is 5.25. The van der Waals surface area contributed by atoms with Gasteiger partial charge in [0, 0.05) is 31.3 Å². The number of sulfonamides is 1. The van der Waals surface area contributed by atoms with Crippen molar-refractivity contribution in [1.29, 1.82) is 0 Å². The van der Waals surface area contributed by atoms with E-state index in [4.69, 9.17) is 4.74 Å². The van der Waals surface area contributed by atoms with Gasteiger partial charge in [-0.05, 0) is 30.7 Å². The first kappa shape index (κ1) is 24.1. The predicted octanol–water partition coefficient (Wildman–Crippen LogP) is 2.00. The number of hydrogen-bond donors (Lipinski definition) is 1. The number of hydrogen-bond acceptors (Lipinski definition) is 6. The zero-order valence-electron chi connectivity index (χ0n) is 18.5. The molecule has 1 amide bonds. The molecule has 1 N–H and O–H groups in total. The summed E-state index contributed by atoms with van der Waals surface area (Å²) in [6.07, 6.45) is 2.08. The molecule has 0 radical (unpaired) electrons. The second-order valence-corrected chi connectivity index (χ2v) is 10.3. The highest BCUT2D eigenvalue weighted by molar-refractivity contribution is 7.88. The third-order valence-corrected chi connectivity index (χ3v) is 6.98. The average molecular weight is 466 g/mol. The minimum Gasteiger partial charge on any atom is -0.472 e. The van der Waals surface area contributed by atoms with Crippen LogP contribution >= 0.6 is 0 Å². The van der Waals surface area contributed by atoms with Crippen LogP contribution in [0.3, 0.4) is 0 Å². The van der Waals surface area contributed by atoms with Gasteiger partial charge < -0.3 is 14.7 Å². The highest BCUT2D eigenvalue weighted by Crippen LogP contribution is 2.30. The summed E-state index contributed by atoms with van der Waals surface area (Å²) < 4.78 is 44.5. The number of ether oxygens (including phenoxy) is 1.